The molecule has 0 saturated heterocycles. The number of hydrogen-bond acceptors (Lipinski definition) is 7. The van der Waals surface area contributed by atoms with E-state index in [1.54, 1.807) is 36.4 Å². The summed E-state index contributed by atoms with van der Waals surface area (Å²) in [7, 11) is 0. The van der Waals surface area contributed by atoms with E-state index < -0.39 is 90.2 Å². The molecule has 0 saturated carbocycles. The first kappa shape index (κ1) is 33.2. The third-order valence-electron chi connectivity index (χ3n) is 8.26. The number of alkyl carbamates (subject to hydrolysis) is 1. The van der Waals surface area contributed by atoms with E-state index in [2.05, 4.69) is 5.32 Å². The number of ketones is 2. The maximum absolute atomic E-state index is 14.4. The van der Waals surface area contributed by atoms with Gasteiger partial charge in [0.25, 0.3) is 0 Å². The van der Waals surface area contributed by atoms with Crippen molar-refractivity contribution in [3.05, 3.63) is 94.3 Å². The number of nitrogens with zero attached hydrogens (tertiary/aromatic N) is 1. The highest BCUT2D eigenvalue weighted by Crippen LogP contribution is 2.40. The lowest BCUT2D eigenvalue weighted by Crippen LogP contribution is -2.52. The minimum atomic E-state index is -1.65. The zero-order valence-corrected chi connectivity index (χ0v) is 25.3. The van der Waals surface area contributed by atoms with Gasteiger partial charge in [-0.05, 0) is 48.1 Å². The molecule has 0 aromatic heterocycles. The lowest BCUT2D eigenvalue weighted by atomic mass is 9.90. The molecule has 47 heavy (non-hydrogen) atoms. The molecule has 246 valence electrons. The van der Waals surface area contributed by atoms with Crippen LogP contribution in [0, 0.1) is 30.3 Å². The normalized spacial score (nSPS) is 17.4. The summed E-state index contributed by atoms with van der Waals surface area (Å²) in [4.78, 5) is 66.3. The van der Waals surface area contributed by atoms with Crippen LogP contribution in [0.3, 0.4) is 0 Å². The van der Waals surface area contributed by atoms with Crippen LogP contribution in [-0.4, -0.2) is 53.3 Å². The number of rotatable bonds is 12. The van der Waals surface area contributed by atoms with Crippen molar-refractivity contribution in [1.29, 1.82) is 0 Å². The first-order chi connectivity index (χ1) is 22.4. The van der Waals surface area contributed by atoms with Crippen molar-refractivity contribution in [2.75, 3.05) is 11.5 Å². The second-order valence-corrected chi connectivity index (χ2v) is 11.5. The number of amides is 2. The van der Waals surface area contributed by atoms with Crippen molar-refractivity contribution in [1.82, 2.24) is 5.32 Å². The van der Waals surface area contributed by atoms with Gasteiger partial charge in [-0.1, -0.05) is 48.5 Å². The number of halogens is 3. The van der Waals surface area contributed by atoms with E-state index in [1.807, 2.05) is 12.1 Å². The van der Waals surface area contributed by atoms with Crippen LogP contribution in [-0.2, 0) is 43.4 Å². The Bertz CT molecular complexity index is 1710. The third kappa shape index (κ3) is 7.29. The molecule has 2 aliphatic heterocycles. The van der Waals surface area contributed by atoms with E-state index in [9.17, 15) is 42.3 Å². The van der Waals surface area contributed by atoms with Crippen molar-refractivity contribution in [3.8, 4) is 5.75 Å². The zero-order chi connectivity index (χ0) is 33.8. The van der Waals surface area contributed by atoms with Crippen LogP contribution in [0.1, 0.15) is 41.5 Å². The van der Waals surface area contributed by atoms with Gasteiger partial charge in [-0.2, -0.15) is 4.39 Å². The van der Waals surface area contributed by atoms with Crippen LogP contribution in [0.5, 0.6) is 5.75 Å². The number of carbonyl (C=O) groups excluding carboxylic acids is 4. The molecule has 5 rings (SSSR count). The number of hydrogen-bond donors (Lipinski definition) is 2. The summed E-state index contributed by atoms with van der Waals surface area (Å²) in [5.41, 5.74) is 2.46. The highest BCUT2D eigenvalue weighted by atomic mass is 19.2. The Morgan fingerprint density at radius 1 is 1.00 bits per heavy atom. The van der Waals surface area contributed by atoms with E-state index in [1.165, 1.54) is 11.8 Å². The molecule has 0 radical (unpaired) electrons. The number of aliphatic carboxylic acids is 1. The predicted octanol–water partition coefficient (Wildman–Crippen LogP) is 4.61. The number of aryl methyl sites for hydroxylation is 2. The first-order valence-electron chi connectivity index (χ1n) is 14.9. The predicted molar refractivity (Wildman–Crippen MR) is 160 cm³/mol. The molecular weight excluding hydrogens is 621 g/mol. The molecule has 0 aliphatic carbocycles. The second-order valence-electron chi connectivity index (χ2n) is 11.5. The Balaban J connectivity index is 1.32. The molecule has 13 heteroatoms. The number of nitrogens with one attached hydrogen (secondary N) is 1. The van der Waals surface area contributed by atoms with E-state index in [4.69, 9.17) is 9.47 Å². The summed E-state index contributed by atoms with van der Waals surface area (Å²) >= 11 is 0. The average molecular weight is 653 g/mol. The fourth-order valence-corrected chi connectivity index (χ4v) is 5.91. The van der Waals surface area contributed by atoms with Crippen molar-refractivity contribution in [3.63, 3.8) is 0 Å². The fraction of sp³-hybridized carbons (Fsp3) is 0.324. The topological polar surface area (TPSA) is 139 Å². The lowest BCUT2D eigenvalue weighted by Gasteiger charge is -2.28. The maximum atomic E-state index is 14.4. The van der Waals surface area contributed by atoms with Gasteiger partial charge in [0.05, 0.1) is 18.2 Å². The molecular formula is C34H31F3N2O8. The molecule has 0 fully saturated rings. The molecule has 2 N–H and O–H groups in total. The molecule has 0 spiro atoms. The van der Waals surface area contributed by atoms with Crippen LogP contribution in [0.25, 0.3) is 0 Å². The molecule has 10 nitrogen and oxygen atoms in total. The van der Waals surface area contributed by atoms with Crippen molar-refractivity contribution in [2.45, 2.75) is 57.7 Å². The molecule has 2 aliphatic rings. The van der Waals surface area contributed by atoms with Crippen LogP contribution in [0.4, 0.5) is 23.7 Å². The number of benzene rings is 3. The number of para-hydroxylation sites is 1. The minimum Gasteiger partial charge on any atom is -0.481 e. The van der Waals surface area contributed by atoms with Gasteiger partial charge < -0.3 is 19.9 Å². The van der Waals surface area contributed by atoms with Crippen LogP contribution < -0.4 is 15.0 Å². The van der Waals surface area contributed by atoms with Gasteiger partial charge in [0.2, 0.25) is 11.7 Å². The minimum absolute atomic E-state index is 0.0242. The molecule has 3 aromatic carbocycles. The number of anilines is 1. The molecule has 3 aromatic rings. The van der Waals surface area contributed by atoms with E-state index in [0.717, 1.165) is 11.1 Å². The molecule has 0 bridgehead atoms. The standard InChI is InChI=1S/C34H31F3N2O8/c1-18-12-23(35)30(37)32(29(18)36)46-17-27(41)22(15-28(42)43)14-26(40)25-13-21-9-5-8-20-10-11-24(33(44)39(25)31(20)21)38-34(45)47-16-19-6-3-2-4-7-19/h2-9,12,22,24-25H,10-11,13-17H2,1H3,(H,38,45)(H,42,43)/t22?,24-,25-/m0/s1. The van der Waals surface area contributed by atoms with Gasteiger partial charge in [0.1, 0.15) is 19.3 Å². The maximum Gasteiger partial charge on any atom is 0.408 e. The van der Waals surface area contributed by atoms with E-state index >= 15 is 0 Å². The Morgan fingerprint density at radius 2 is 1.72 bits per heavy atom. The largest absolute Gasteiger partial charge is 0.481 e. The van der Waals surface area contributed by atoms with Crippen LogP contribution in [0.2, 0.25) is 0 Å². The summed E-state index contributed by atoms with van der Waals surface area (Å²) in [5, 5.41) is 12.1. The summed E-state index contributed by atoms with van der Waals surface area (Å²) in [5.74, 6) is -10.5. The van der Waals surface area contributed by atoms with E-state index in [-0.39, 0.29) is 25.0 Å². The first-order valence-corrected chi connectivity index (χ1v) is 14.9. The summed E-state index contributed by atoms with van der Waals surface area (Å²) in [6.45, 7) is 0.113. The third-order valence-corrected chi connectivity index (χ3v) is 8.26. The number of carboxylic acids is 1. The molecule has 3 atom stereocenters. The van der Waals surface area contributed by atoms with Crippen molar-refractivity contribution in [2.24, 2.45) is 5.92 Å². The fourth-order valence-electron chi connectivity index (χ4n) is 5.91. The van der Waals surface area contributed by atoms with Gasteiger partial charge in [0, 0.05) is 18.8 Å². The van der Waals surface area contributed by atoms with Crippen molar-refractivity contribution < 1.29 is 51.7 Å². The van der Waals surface area contributed by atoms with E-state index in [0.29, 0.717) is 23.7 Å². The quantitative estimate of drug-likeness (QED) is 0.271. The van der Waals surface area contributed by atoms with Crippen molar-refractivity contribution >= 4 is 35.2 Å². The number of Topliss-reactive ketones (excluding diaryl/α,β-unsaturated/α-hetero) is 2. The SMILES string of the molecule is Cc1cc(F)c(F)c(OCC(=O)C(CC(=O)O)CC(=O)[C@@H]2Cc3cccc4c3N2C(=O)[C@@H](NC(=O)OCc2ccccc2)CC4)c1F. The van der Waals surface area contributed by atoms with Gasteiger partial charge in [-0.3, -0.25) is 24.1 Å². The second kappa shape index (κ2) is 14.1. The van der Waals surface area contributed by atoms with Crippen LogP contribution >= 0.6 is 0 Å². The van der Waals surface area contributed by atoms with Crippen LogP contribution in [0.15, 0.2) is 54.6 Å². The number of ether oxygens (including phenoxy) is 2. The summed E-state index contributed by atoms with van der Waals surface area (Å²) < 4.78 is 52.7. The summed E-state index contributed by atoms with van der Waals surface area (Å²) in [6, 6.07) is 12.7. The molecule has 1 unspecified atom stereocenters. The average Bonchev–Trinajstić information content (AvgIpc) is 3.38. The Kier molecular flexibility index (Phi) is 9.92. The smallest absolute Gasteiger partial charge is 0.408 e. The summed E-state index contributed by atoms with van der Waals surface area (Å²) in [6.07, 6.45) is -1.55. The Hall–Kier alpha value is -5.20. The van der Waals surface area contributed by atoms with Gasteiger partial charge >= 0.3 is 12.1 Å². The monoisotopic (exact) mass is 652 g/mol. The number of carboxylic acid groups (broad SMARTS) is 1. The lowest BCUT2D eigenvalue weighted by molar-refractivity contribution is -0.142. The molecule has 2 heterocycles. The van der Waals surface area contributed by atoms with Gasteiger partial charge in [0.15, 0.2) is 29.0 Å². The zero-order valence-electron chi connectivity index (χ0n) is 25.3. The highest BCUT2D eigenvalue weighted by Gasteiger charge is 2.44. The van der Waals surface area contributed by atoms with Gasteiger partial charge in [-0.25, -0.2) is 13.6 Å². The number of carbonyl (C=O) groups is 5. The molecule has 2 amide bonds. The van der Waals surface area contributed by atoms with Gasteiger partial charge in [-0.15, -0.1) is 0 Å². The Labute approximate surface area is 267 Å². The highest BCUT2D eigenvalue weighted by molar-refractivity contribution is 6.08. The Morgan fingerprint density at radius 3 is 2.45 bits per heavy atom.